The maximum absolute atomic E-state index is 14.9. The molecule has 0 saturated carbocycles. The maximum atomic E-state index is 14.9. The third-order valence-corrected chi connectivity index (χ3v) is 6.68. The summed E-state index contributed by atoms with van der Waals surface area (Å²) in [6, 6.07) is 5.01. The van der Waals surface area contributed by atoms with Gasteiger partial charge in [0.25, 0.3) is 6.43 Å². The Hall–Kier alpha value is -3.45. The van der Waals surface area contributed by atoms with Crippen molar-refractivity contribution in [1.82, 2.24) is 34.0 Å². The van der Waals surface area contributed by atoms with E-state index in [0.29, 0.717) is 66.1 Å². The number of anilines is 2. The van der Waals surface area contributed by atoms with Crippen LogP contribution < -0.4 is 10.6 Å². The van der Waals surface area contributed by atoms with Crippen LogP contribution in [0.1, 0.15) is 12.2 Å². The van der Waals surface area contributed by atoms with Crippen LogP contribution in [0.5, 0.6) is 0 Å². The van der Waals surface area contributed by atoms with Gasteiger partial charge in [0.2, 0.25) is 5.95 Å². The smallest absolute Gasteiger partial charge is 0.256 e. The van der Waals surface area contributed by atoms with Gasteiger partial charge in [0.15, 0.2) is 11.5 Å². The first-order chi connectivity index (χ1) is 17.9. The van der Waals surface area contributed by atoms with E-state index in [9.17, 15) is 13.2 Å². The average Bonchev–Trinajstić information content (AvgIpc) is 3.44. The average molecular weight is 518 g/mol. The van der Waals surface area contributed by atoms with Crippen LogP contribution in [-0.2, 0) is 11.3 Å². The van der Waals surface area contributed by atoms with E-state index >= 15 is 0 Å². The first-order valence-electron chi connectivity index (χ1n) is 12.2. The second-order valence-electron chi connectivity index (χ2n) is 9.11. The number of aromatic nitrogens is 6. The number of likely N-dealkylation sites (tertiary alicyclic amines) is 1. The number of rotatable bonds is 9. The van der Waals surface area contributed by atoms with Crippen LogP contribution in [0.25, 0.3) is 27.9 Å². The molecule has 37 heavy (non-hydrogen) atoms. The van der Waals surface area contributed by atoms with Crippen molar-refractivity contribution >= 4 is 28.4 Å². The van der Waals surface area contributed by atoms with Crippen LogP contribution in [0.15, 0.2) is 24.4 Å². The Morgan fingerprint density at radius 1 is 1.19 bits per heavy atom. The second-order valence-corrected chi connectivity index (χ2v) is 9.11. The fourth-order valence-corrected chi connectivity index (χ4v) is 4.81. The van der Waals surface area contributed by atoms with Crippen molar-refractivity contribution in [2.24, 2.45) is 0 Å². The first kappa shape index (κ1) is 25.2. The van der Waals surface area contributed by atoms with Crippen molar-refractivity contribution in [3.8, 4) is 11.3 Å². The van der Waals surface area contributed by atoms with Crippen LogP contribution in [-0.4, -0.2) is 93.1 Å². The summed E-state index contributed by atoms with van der Waals surface area (Å²) in [5.41, 5.74) is 2.93. The zero-order chi connectivity index (χ0) is 26.1. The molecule has 0 radical (unpaired) electrons. The highest BCUT2D eigenvalue weighted by Gasteiger charge is 2.30. The minimum atomic E-state index is -2.52. The molecule has 1 saturated heterocycles. The molecule has 0 aromatic carbocycles. The molecule has 1 aliphatic heterocycles. The van der Waals surface area contributed by atoms with Crippen LogP contribution in [0.3, 0.4) is 0 Å². The lowest BCUT2D eigenvalue weighted by Gasteiger charge is -2.34. The summed E-state index contributed by atoms with van der Waals surface area (Å²) in [6.45, 7) is 3.56. The van der Waals surface area contributed by atoms with E-state index in [-0.39, 0.29) is 0 Å². The molecular formula is C24H30F3N9O. The number of methoxy groups -OCH3 is 1. The zero-order valence-corrected chi connectivity index (χ0v) is 21.0. The van der Waals surface area contributed by atoms with Gasteiger partial charge in [-0.05, 0) is 31.5 Å². The van der Waals surface area contributed by atoms with Gasteiger partial charge in [-0.3, -0.25) is 4.90 Å². The monoisotopic (exact) mass is 517 g/mol. The van der Waals surface area contributed by atoms with Gasteiger partial charge in [-0.15, -0.1) is 5.10 Å². The predicted octanol–water partition coefficient (Wildman–Crippen LogP) is 3.23. The van der Waals surface area contributed by atoms with Gasteiger partial charge in [0.1, 0.15) is 23.0 Å². The Morgan fingerprint density at radius 2 is 2.03 bits per heavy atom. The van der Waals surface area contributed by atoms with Crippen molar-refractivity contribution in [2.75, 3.05) is 51.0 Å². The molecule has 198 valence electrons. The van der Waals surface area contributed by atoms with Crippen molar-refractivity contribution in [1.29, 1.82) is 0 Å². The number of nitrogens with one attached hydrogen (secondary N) is 2. The molecule has 13 heteroatoms. The fraction of sp³-hybridized carbons (Fsp3) is 0.500. The number of pyridine rings is 1. The van der Waals surface area contributed by atoms with Gasteiger partial charge < -0.3 is 19.9 Å². The molecule has 2 atom stereocenters. The SMILES string of the molecule is CNc1nc(N[C@@H]2CCN(CCOC)C[C@@H]2F)nn2ccc(-c3ccc4nc(C)n(CC(F)F)c4n3)c12. The molecule has 0 bridgehead atoms. The number of alkyl halides is 3. The lowest BCUT2D eigenvalue weighted by Crippen LogP contribution is -2.48. The molecule has 4 aromatic heterocycles. The number of imidazole rings is 1. The molecule has 0 unspecified atom stereocenters. The van der Waals surface area contributed by atoms with Crippen molar-refractivity contribution in [2.45, 2.75) is 38.5 Å². The summed E-state index contributed by atoms with van der Waals surface area (Å²) in [5, 5.41) is 10.8. The summed E-state index contributed by atoms with van der Waals surface area (Å²) in [4.78, 5) is 15.7. The van der Waals surface area contributed by atoms with Gasteiger partial charge in [0.05, 0.1) is 24.9 Å². The summed E-state index contributed by atoms with van der Waals surface area (Å²) >= 11 is 0. The summed E-state index contributed by atoms with van der Waals surface area (Å²) < 4.78 is 49.4. The topological polar surface area (TPSA) is 97.4 Å². The van der Waals surface area contributed by atoms with Crippen molar-refractivity contribution < 1.29 is 17.9 Å². The Bertz CT molecular complexity index is 1390. The molecule has 5 heterocycles. The minimum Gasteiger partial charge on any atom is -0.383 e. The van der Waals surface area contributed by atoms with Crippen LogP contribution in [0, 0.1) is 6.92 Å². The van der Waals surface area contributed by atoms with Crippen molar-refractivity contribution in [3.05, 3.63) is 30.2 Å². The largest absolute Gasteiger partial charge is 0.383 e. The molecule has 0 aliphatic carbocycles. The third kappa shape index (κ3) is 5.05. The number of hydrogen-bond donors (Lipinski definition) is 2. The third-order valence-electron chi connectivity index (χ3n) is 6.68. The normalized spacial score (nSPS) is 18.8. The summed E-state index contributed by atoms with van der Waals surface area (Å²) in [5.74, 6) is 1.32. The molecule has 0 spiro atoms. The number of hydrogen-bond acceptors (Lipinski definition) is 8. The number of nitrogens with zero attached hydrogens (tertiary/aromatic N) is 7. The molecule has 1 aliphatic rings. The molecule has 0 amide bonds. The highest BCUT2D eigenvalue weighted by Crippen LogP contribution is 2.31. The lowest BCUT2D eigenvalue weighted by atomic mass is 10.0. The van der Waals surface area contributed by atoms with Crippen LogP contribution >= 0.6 is 0 Å². The second kappa shape index (κ2) is 10.5. The van der Waals surface area contributed by atoms with Crippen LogP contribution in [0.2, 0.25) is 0 Å². The summed E-state index contributed by atoms with van der Waals surface area (Å²) in [7, 11) is 3.38. The number of piperidine rings is 1. The van der Waals surface area contributed by atoms with Gasteiger partial charge >= 0.3 is 0 Å². The van der Waals surface area contributed by atoms with Gasteiger partial charge in [0, 0.05) is 45.6 Å². The van der Waals surface area contributed by atoms with E-state index in [2.05, 4.69) is 30.7 Å². The molecular weight excluding hydrogens is 487 g/mol. The number of fused-ring (bicyclic) bond motifs is 2. The molecule has 10 nitrogen and oxygen atoms in total. The minimum absolute atomic E-state index is 0.311. The van der Waals surface area contributed by atoms with Gasteiger partial charge in [-0.2, -0.15) is 4.98 Å². The van der Waals surface area contributed by atoms with E-state index in [4.69, 9.17) is 4.74 Å². The lowest BCUT2D eigenvalue weighted by molar-refractivity contribution is 0.0918. The predicted molar refractivity (Wildman–Crippen MR) is 135 cm³/mol. The zero-order valence-electron chi connectivity index (χ0n) is 21.0. The Kier molecular flexibility index (Phi) is 7.15. The Balaban J connectivity index is 1.44. The highest BCUT2D eigenvalue weighted by molar-refractivity contribution is 5.89. The van der Waals surface area contributed by atoms with Gasteiger partial charge in [-0.1, -0.05) is 0 Å². The molecule has 1 fully saturated rings. The molecule has 5 rings (SSSR count). The molecule has 4 aromatic rings. The van der Waals surface area contributed by atoms with E-state index in [1.54, 1.807) is 43.9 Å². The van der Waals surface area contributed by atoms with E-state index in [1.165, 1.54) is 4.57 Å². The first-order valence-corrected chi connectivity index (χ1v) is 12.2. The quantitative estimate of drug-likeness (QED) is 0.349. The maximum Gasteiger partial charge on any atom is 0.256 e. The van der Waals surface area contributed by atoms with Gasteiger partial charge in [-0.25, -0.2) is 27.7 Å². The van der Waals surface area contributed by atoms with Crippen LogP contribution in [0.4, 0.5) is 24.9 Å². The number of halogens is 3. The molecule has 2 N–H and O–H groups in total. The fourth-order valence-electron chi connectivity index (χ4n) is 4.81. The highest BCUT2D eigenvalue weighted by atomic mass is 19.3. The number of aryl methyl sites for hydroxylation is 1. The van der Waals surface area contributed by atoms with E-state index in [0.717, 1.165) is 12.1 Å². The van der Waals surface area contributed by atoms with E-state index < -0.39 is 25.2 Å². The van der Waals surface area contributed by atoms with Crippen molar-refractivity contribution in [3.63, 3.8) is 0 Å². The Morgan fingerprint density at radius 3 is 2.76 bits per heavy atom. The summed E-state index contributed by atoms with van der Waals surface area (Å²) in [6.07, 6.45) is -1.20. The number of ether oxygens (including phenoxy) is 1. The van der Waals surface area contributed by atoms with E-state index in [1.807, 2.05) is 11.0 Å². The Labute approximate surface area is 211 Å². The standard InChI is InChI=1S/C24H30F3N9O/c1-14-29-19-5-4-17(30-23(19)35(14)13-20(26)27)15-6-9-36-21(15)22(28-2)32-24(33-36)31-18-7-8-34(10-11-37-3)12-16(18)25/h4-6,9,16,18,20H,7-8,10-13H2,1-3H3,(H2,28,31,32,33)/t16-,18+/m0/s1.